The van der Waals surface area contributed by atoms with E-state index < -0.39 is 36.6 Å². The molecule has 0 fully saturated rings. The van der Waals surface area contributed by atoms with Gasteiger partial charge in [0.05, 0.1) is 21.1 Å². The summed E-state index contributed by atoms with van der Waals surface area (Å²) >= 11 is 0. The molecule has 0 radical (unpaired) electrons. The molecular formula is C22H18O6S2. The van der Waals surface area contributed by atoms with Crippen molar-refractivity contribution < 1.29 is 26.4 Å². The van der Waals surface area contributed by atoms with E-state index in [4.69, 9.17) is 4.74 Å². The Hall–Kier alpha value is -2.97. The maximum Gasteiger partial charge on any atom is 0.338 e. The number of carbonyl (C=O) groups is 1. The molecule has 6 nitrogen and oxygen atoms in total. The van der Waals surface area contributed by atoms with Crippen molar-refractivity contribution in [1.29, 1.82) is 0 Å². The minimum atomic E-state index is -3.95. The maximum absolute atomic E-state index is 13.1. The molecule has 0 spiro atoms. The molecule has 8 heteroatoms. The number of benzene rings is 3. The van der Waals surface area contributed by atoms with Crippen LogP contribution in [0.4, 0.5) is 0 Å². The fourth-order valence-electron chi connectivity index (χ4n) is 3.43. The Morgan fingerprint density at radius 1 is 0.933 bits per heavy atom. The van der Waals surface area contributed by atoms with Crippen LogP contribution in [0.15, 0.2) is 88.7 Å². The molecule has 3 aromatic rings. The monoisotopic (exact) mass is 442 g/mol. The molecule has 4 rings (SSSR count). The fraction of sp³-hybridized carbons (Fsp3) is 0.136. The third-order valence-corrected chi connectivity index (χ3v) is 9.08. The molecule has 3 aromatic carbocycles. The lowest BCUT2D eigenvalue weighted by Crippen LogP contribution is -2.16. The number of sulfone groups is 2. The number of hydrogen-bond donors (Lipinski definition) is 0. The number of carbonyl (C=O) groups excluding carboxylic acids is 1. The summed E-state index contributed by atoms with van der Waals surface area (Å²) in [5.74, 6) is -1.20. The minimum absolute atomic E-state index is 0.0371. The molecule has 1 unspecified atom stereocenters. The molecule has 0 aliphatic carbocycles. The van der Waals surface area contributed by atoms with E-state index in [-0.39, 0.29) is 27.5 Å². The first kappa shape index (κ1) is 20.3. The van der Waals surface area contributed by atoms with E-state index in [2.05, 4.69) is 0 Å². The SMILES string of the molecule is O=C(OCc1ccccc1)c1ccc2c(c1)C(S(=O)(=O)c1ccccc1)CS2(=O)=O. The summed E-state index contributed by atoms with van der Waals surface area (Å²) in [7, 11) is -7.73. The number of esters is 1. The van der Waals surface area contributed by atoms with Crippen LogP contribution in [0.5, 0.6) is 0 Å². The second-order valence-electron chi connectivity index (χ2n) is 6.94. The Bertz CT molecular complexity index is 1300. The van der Waals surface area contributed by atoms with Crippen LogP contribution in [0.2, 0.25) is 0 Å². The van der Waals surface area contributed by atoms with Gasteiger partial charge in [0.25, 0.3) is 0 Å². The topological polar surface area (TPSA) is 94.6 Å². The molecule has 0 aromatic heterocycles. The van der Waals surface area contributed by atoms with E-state index >= 15 is 0 Å². The standard InChI is InChI=1S/C22H18O6S2/c23-22(28-14-16-7-3-1-4-8-16)17-11-12-20-19(13-17)21(15-29(20,24)25)30(26,27)18-9-5-2-6-10-18/h1-13,21H,14-15H2. The number of hydrogen-bond acceptors (Lipinski definition) is 6. The molecule has 1 heterocycles. The van der Waals surface area contributed by atoms with Crippen molar-refractivity contribution >= 4 is 25.6 Å². The molecule has 1 atom stereocenters. The van der Waals surface area contributed by atoms with Gasteiger partial charge < -0.3 is 4.74 Å². The molecule has 1 aliphatic heterocycles. The maximum atomic E-state index is 13.1. The highest BCUT2D eigenvalue weighted by Gasteiger charge is 2.43. The van der Waals surface area contributed by atoms with E-state index in [9.17, 15) is 21.6 Å². The molecular weight excluding hydrogens is 424 g/mol. The van der Waals surface area contributed by atoms with Gasteiger partial charge in [-0.1, -0.05) is 48.5 Å². The van der Waals surface area contributed by atoms with Gasteiger partial charge in [-0.15, -0.1) is 0 Å². The van der Waals surface area contributed by atoms with Gasteiger partial charge in [0, 0.05) is 0 Å². The van der Waals surface area contributed by atoms with E-state index in [0.717, 1.165) is 5.56 Å². The number of rotatable bonds is 5. The second-order valence-corrected chi connectivity index (χ2v) is 11.1. The van der Waals surface area contributed by atoms with Gasteiger partial charge in [-0.3, -0.25) is 0 Å². The molecule has 0 bridgehead atoms. The van der Waals surface area contributed by atoms with Crippen molar-refractivity contribution in [2.24, 2.45) is 0 Å². The predicted octanol–water partition coefficient (Wildman–Crippen LogP) is 3.35. The summed E-state index contributed by atoms with van der Waals surface area (Å²) in [6.45, 7) is 0.0563. The molecule has 154 valence electrons. The number of ether oxygens (including phenoxy) is 1. The van der Waals surface area contributed by atoms with Crippen molar-refractivity contribution in [2.45, 2.75) is 21.6 Å². The van der Waals surface area contributed by atoms with Crippen molar-refractivity contribution in [3.05, 3.63) is 95.6 Å². The van der Waals surface area contributed by atoms with Gasteiger partial charge in [0.2, 0.25) is 0 Å². The Labute approximate surface area is 175 Å². The summed E-state index contributed by atoms with van der Waals surface area (Å²) in [5, 5.41) is -1.28. The first-order valence-electron chi connectivity index (χ1n) is 9.16. The normalized spacial score (nSPS) is 17.3. The van der Waals surface area contributed by atoms with Crippen molar-refractivity contribution in [1.82, 2.24) is 0 Å². The summed E-state index contributed by atoms with van der Waals surface area (Å²) in [6, 6.07) is 20.8. The Morgan fingerprint density at radius 2 is 1.57 bits per heavy atom. The second kappa shape index (κ2) is 7.70. The molecule has 1 aliphatic rings. The third kappa shape index (κ3) is 3.76. The fourth-order valence-corrected chi connectivity index (χ4v) is 7.74. The first-order valence-corrected chi connectivity index (χ1v) is 12.4. The van der Waals surface area contributed by atoms with Crippen LogP contribution in [-0.4, -0.2) is 28.6 Å². The smallest absolute Gasteiger partial charge is 0.338 e. The van der Waals surface area contributed by atoms with Crippen LogP contribution in [0, 0.1) is 0 Å². The van der Waals surface area contributed by atoms with Crippen LogP contribution in [0.3, 0.4) is 0 Å². The van der Waals surface area contributed by atoms with Crippen LogP contribution in [0.25, 0.3) is 0 Å². The zero-order chi connectivity index (χ0) is 21.4. The summed E-state index contributed by atoms with van der Waals surface area (Å²) in [6.07, 6.45) is 0. The van der Waals surface area contributed by atoms with E-state index in [1.807, 2.05) is 30.3 Å². The quantitative estimate of drug-likeness (QED) is 0.563. The Morgan fingerprint density at radius 3 is 2.23 bits per heavy atom. The minimum Gasteiger partial charge on any atom is -0.457 e. The largest absolute Gasteiger partial charge is 0.457 e. The van der Waals surface area contributed by atoms with E-state index in [0.29, 0.717) is 0 Å². The summed E-state index contributed by atoms with van der Waals surface area (Å²) in [5.41, 5.74) is 1.02. The predicted molar refractivity (Wildman–Crippen MR) is 110 cm³/mol. The van der Waals surface area contributed by atoms with Gasteiger partial charge in [0.1, 0.15) is 11.9 Å². The highest BCUT2D eigenvalue weighted by atomic mass is 32.2. The van der Waals surface area contributed by atoms with Crippen molar-refractivity contribution in [3.8, 4) is 0 Å². The van der Waals surface area contributed by atoms with Gasteiger partial charge in [-0.25, -0.2) is 21.6 Å². The van der Waals surface area contributed by atoms with Gasteiger partial charge >= 0.3 is 5.97 Å². The molecule has 0 saturated carbocycles. The van der Waals surface area contributed by atoms with E-state index in [1.54, 1.807) is 18.2 Å². The molecule has 0 N–H and O–H groups in total. The van der Waals surface area contributed by atoms with Crippen LogP contribution >= 0.6 is 0 Å². The molecule has 0 amide bonds. The Kier molecular flexibility index (Phi) is 5.21. The summed E-state index contributed by atoms with van der Waals surface area (Å²) < 4.78 is 56.6. The van der Waals surface area contributed by atoms with Crippen LogP contribution in [0.1, 0.15) is 26.7 Å². The van der Waals surface area contributed by atoms with Crippen molar-refractivity contribution in [3.63, 3.8) is 0 Å². The lowest BCUT2D eigenvalue weighted by atomic mass is 10.1. The number of fused-ring (bicyclic) bond motifs is 1. The molecule has 0 saturated heterocycles. The zero-order valence-electron chi connectivity index (χ0n) is 15.8. The highest BCUT2D eigenvalue weighted by Crippen LogP contribution is 2.41. The first-order chi connectivity index (χ1) is 14.3. The lowest BCUT2D eigenvalue weighted by Gasteiger charge is -2.13. The van der Waals surface area contributed by atoms with Crippen LogP contribution < -0.4 is 0 Å². The highest BCUT2D eigenvalue weighted by molar-refractivity contribution is 7.96. The zero-order valence-corrected chi connectivity index (χ0v) is 17.4. The van der Waals surface area contributed by atoms with Gasteiger partial charge in [-0.2, -0.15) is 0 Å². The van der Waals surface area contributed by atoms with Crippen LogP contribution in [-0.2, 0) is 31.0 Å². The van der Waals surface area contributed by atoms with E-state index in [1.165, 1.54) is 30.3 Å². The average molecular weight is 443 g/mol. The lowest BCUT2D eigenvalue weighted by molar-refractivity contribution is 0.0472. The Balaban J connectivity index is 1.67. The van der Waals surface area contributed by atoms with Crippen molar-refractivity contribution in [2.75, 3.05) is 5.75 Å². The van der Waals surface area contributed by atoms with Gasteiger partial charge in [-0.05, 0) is 41.5 Å². The third-order valence-electron chi connectivity index (χ3n) is 4.96. The summed E-state index contributed by atoms with van der Waals surface area (Å²) in [4.78, 5) is 12.5. The van der Waals surface area contributed by atoms with Gasteiger partial charge in [0.15, 0.2) is 19.7 Å². The average Bonchev–Trinajstić information content (AvgIpc) is 3.04. The molecule has 30 heavy (non-hydrogen) atoms.